The highest BCUT2D eigenvalue weighted by Gasteiger charge is 2.56. The molecule has 1 aromatic carbocycles. The number of nitrogens with zero attached hydrogens (tertiary/aromatic N) is 3. The molecule has 31 heavy (non-hydrogen) atoms. The second kappa shape index (κ2) is 7.72. The van der Waals surface area contributed by atoms with Crippen molar-refractivity contribution in [1.29, 1.82) is 0 Å². The number of hydrogen-bond acceptors (Lipinski definition) is 5. The molecular weight excluding hydrogens is 451 g/mol. The summed E-state index contributed by atoms with van der Waals surface area (Å²) in [7, 11) is -3.89. The third-order valence-corrected chi connectivity index (χ3v) is 8.29. The molecular formula is C19H22ClFN4O5S. The number of carbonyl (C=O) groups is 3. The molecule has 1 atom stereocenters. The van der Waals surface area contributed by atoms with E-state index in [2.05, 4.69) is 5.32 Å². The van der Waals surface area contributed by atoms with Crippen LogP contribution in [0.25, 0.3) is 0 Å². The Kier molecular flexibility index (Phi) is 5.47. The Morgan fingerprint density at radius 2 is 1.87 bits per heavy atom. The van der Waals surface area contributed by atoms with Crippen molar-refractivity contribution in [3.63, 3.8) is 0 Å². The first-order chi connectivity index (χ1) is 14.5. The van der Waals surface area contributed by atoms with Crippen molar-refractivity contribution in [2.45, 2.75) is 30.2 Å². The number of benzene rings is 1. The van der Waals surface area contributed by atoms with Gasteiger partial charge in [-0.3, -0.25) is 14.5 Å². The number of rotatable bonds is 5. The molecule has 2 heterocycles. The number of imide groups is 1. The first-order valence-electron chi connectivity index (χ1n) is 9.91. The van der Waals surface area contributed by atoms with E-state index in [1.54, 1.807) is 6.92 Å². The number of amides is 4. The van der Waals surface area contributed by atoms with Gasteiger partial charge in [0.05, 0.1) is 9.92 Å². The molecule has 1 N–H and O–H groups in total. The van der Waals surface area contributed by atoms with Gasteiger partial charge in [-0.2, -0.15) is 4.31 Å². The zero-order valence-corrected chi connectivity index (χ0v) is 18.4. The average molecular weight is 473 g/mol. The fraction of sp³-hybridized carbons (Fsp3) is 0.526. The first-order valence-corrected chi connectivity index (χ1v) is 11.7. The van der Waals surface area contributed by atoms with E-state index in [0.29, 0.717) is 0 Å². The van der Waals surface area contributed by atoms with Gasteiger partial charge in [0.15, 0.2) is 0 Å². The molecule has 1 unspecified atom stereocenters. The Hall–Kier alpha value is -2.24. The van der Waals surface area contributed by atoms with E-state index < -0.39 is 39.2 Å². The lowest BCUT2D eigenvalue weighted by Gasteiger charge is -2.34. The van der Waals surface area contributed by atoms with Crippen LogP contribution in [0.15, 0.2) is 23.1 Å². The van der Waals surface area contributed by atoms with Gasteiger partial charge >= 0.3 is 6.03 Å². The van der Waals surface area contributed by atoms with E-state index in [9.17, 15) is 27.2 Å². The summed E-state index contributed by atoms with van der Waals surface area (Å²) < 4.78 is 40.1. The van der Waals surface area contributed by atoms with Crippen LogP contribution in [-0.4, -0.2) is 78.6 Å². The van der Waals surface area contributed by atoms with Gasteiger partial charge < -0.3 is 10.2 Å². The number of hydrogen-bond donors (Lipinski definition) is 1. The molecule has 12 heteroatoms. The predicted molar refractivity (Wildman–Crippen MR) is 108 cm³/mol. The van der Waals surface area contributed by atoms with E-state index in [1.165, 1.54) is 9.21 Å². The smallest absolute Gasteiger partial charge is 0.325 e. The zero-order chi connectivity index (χ0) is 22.6. The fourth-order valence-corrected chi connectivity index (χ4v) is 5.69. The molecule has 9 nitrogen and oxygen atoms in total. The van der Waals surface area contributed by atoms with Crippen molar-refractivity contribution in [2.24, 2.45) is 5.92 Å². The van der Waals surface area contributed by atoms with Crippen molar-refractivity contribution in [3.05, 3.63) is 29.0 Å². The Bertz CT molecular complexity index is 1060. The lowest BCUT2D eigenvalue weighted by molar-refractivity contribution is -0.139. The minimum Gasteiger partial charge on any atom is -0.338 e. The number of urea groups is 1. The second-order valence-electron chi connectivity index (χ2n) is 8.16. The van der Waals surface area contributed by atoms with Crippen LogP contribution in [0.4, 0.5) is 9.18 Å². The Morgan fingerprint density at radius 3 is 2.45 bits per heavy atom. The summed E-state index contributed by atoms with van der Waals surface area (Å²) in [5, 5.41) is 2.41. The number of carbonyl (C=O) groups excluding carboxylic acids is 3. The molecule has 0 aromatic heterocycles. The Labute approximate surface area is 184 Å². The molecule has 3 fully saturated rings. The molecule has 2 saturated heterocycles. The van der Waals surface area contributed by atoms with E-state index in [-0.39, 0.29) is 48.6 Å². The van der Waals surface area contributed by atoms with Gasteiger partial charge in [-0.1, -0.05) is 11.6 Å². The van der Waals surface area contributed by atoms with E-state index in [1.807, 2.05) is 0 Å². The molecule has 168 valence electrons. The lowest BCUT2D eigenvalue weighted by atomic mass is 9.96. The molecule has 4 amide bonds. The van der Waals surface area contributed by atoms with Crippen LogP contribution in [0.5, 0.6) is 0 Å². The van der Waals surface area contributed by atoms with Crippen LogP contribution < -0.4 is 5.32 Å². The predicted octanol–water partition coefficient (Wildman–Crippen LogP) is 1.03. The van der Waals surface area contributed by atoms with Gasteiger partial charge in [-0.05, 0) is 43.9 Å². The topological polar surface area (TPSA) is 107 Å². The molecule has 1 aliphatic carbocycles. The van der Waals surface area contributed by atoms with E-state index in [4.69, 9.17) is 11.6 Å². The molecule has 4 rings (SSSR count). The van der Waals surface area contributed by atoms with Crippen LogP contribution in [0.2, 0.25) is 5.02 Å². The summed E-state index contributed by atoms with van der Waals surface area (Å²) in [5.41, 5.74) is -0.958. The van der Waals surface area contributed by atoms with Gasteiger partial charge in [-0.25, -0.2) is 17.6 Å². The van der Waals surface area contributed by atoms with E-state index in [0.717, 1.165) is 35.9 Å². The second-order valence-corrected chi connectivity index (χ2v) is 10.5. The van der Waals surface area contributed by atoms with Crippen LogP contribution in [-0.2, 0) is 19.6 Å². The standard InChI is InChI=1S/C19H22ClFN4O5S/c1-19(12-2-3-12)17(27)25(18(28)22-19)11-16(26)23-6-8-24(9-7-23)31(29,30)13-4-5-15(21)14(20)10-13/h4-5,10,12H,2-3,6-9,11H2,1H3,(H,22,28). The maximum Gasteiger partial charge on any atom is 0.325 e. The van der Waals surface area contributed by atoms with Gasteiger partial charge in [0.25, 0.3) is 5.91 Å². The molecule has 0 bridgehead atoms. The van der Waals surface area contributed by atoms with Crippen molar-refractivity contribution < 1.29 is 27.2 Å². The maximum absolute atomic E-state index is 13.3. The highest BCUT2D eigenvalue weighted by molar-refractivity contribution is 7.89. The first kappa shape index (κ1) is 22.0. The zero-order valence-electron chi connectivity index (χ0n) is 16.8. The van der Waals surface area contributed by atoms with Gasteiger partial charge in [0, 0.05) is 26.2 Å². The maximum atomic E-state index is 13.3. The van der Waals surface area contributed by atoms with Gasteiger partial charge in [0.2, 0.25) is 15.9 Å². The number of piperazine rings is 1. The van der Waals surface area contributed by atoms with Crippen molar-refractivity contribution >= 4 is 39.5 Å². The van der Waals surface area contributed by atoms with Crippen molar-refractivity contribution in [1.82, 2.24) is 19.4 Å². The van der Waals surface area contributed by atoms with Crippen molar-refractivity contribution in [2.75, 3.05) is 32.7 Å². The number of sulfonamides is 1. The van der Waals surface area contributed by atoms with Crippen LogP contribution >= 0.6 is 11.6 Å². The highest BCUT2D eigenvalue weighted by atomic mass is 35.5. The summed E-state index contributed by atoms with van der Waals surface area (Å²) in [5.74, 6) is -1.44. The summed E-state index contributed by atoms with van der Waals surface area (Å²) >= 11 is 5.70. The lowest BCUT2D eigenvalue weighted by Crippen LogP contribution is -2.53. The van der Waals surface area contributed by atoms with Crippen LogP contribution in [0, 0.1) is 11.7 Å². The third kappa shape index (κ3) is 3.90. The van der Waals surface area contributed by atoms with Crippen LogP contribution in [0.3, 0.4) is 0 Å². The Morgan fingerprint density at radius 1 is 1.23 bits per heavy atom. The van der Waals surface area contributed by atoms with E-state index >= 15 is 0 Å². The minimum atomic E-state index is -3.89. The molecule has 0 radical (unpaired) electrons. The quantitative estimate of drug-likeness (QED) is 0.644. The average Bonchev–Trinajstić information content (AvgIpc) is 3.56. The molecule has 1 aromatic rings. The molecule has 2 aliphatic heterocycles. The summed E-state index contributed by atoms with van der Waals surface area (Å²) in [6.45, 7) is 1.58. The van der Waals surface area contributed by atoms with Gasteiger partial charge in [-0.15, -0.1) is 0 Å². The van der Waals surface area contributed by atoms with Crippen molar-refractivity contribution in [3.8, 4) is 0 Å². The highest BCUT2D eigenvalue weighted by Crippen LogP contribution is 2.42. The molecule has 3 aliphatic rings. The minimum absolute atomic E-state index is 0.0308. The third-order valence-electron chi connectivity index (χ3n) is 6.11. The molecule has 1 saturated carbocycles. The number of halogens is 2. The number of nitrogens with one attached hydrogen (secondary N) is 1. The SMILES string of the molecule is CC1(C2CC2)NC(=O)N(CC(=O)N2CCN(S(=O)(=O)c3ccc(F)c(Cl)c3)CC2)C1=O. The fourth-order valence-electron chi connectivity index (χ4n) is 4.00. The van der Waals surface area contributed by atoms with Gasteiger partial charge in [0.1, 0.15) is 17.9 Å². The monoisotopic (exact) mass is 472 g/mol. The largest absolute Gasteiger partial charge is 0.338 e. The normalized spacial score (nSPS) is 25.1. The summed E-state index contributed by atoms with van der Waals surface area (Å²) in [6, 6.07) is 2.60. The van der Waals surface area contributed by atoms with Crippen LogP contribution in [0.1, 0.15) is 19.8 Å². The summed E-state index contributed by atoms with van der Waals surface area (Å²) in [6.07, 6.45) is 1.72. The summed E-state index contributed by atoms with van der Waals surface area (Å²) in [4.78, 5) is 39.8. The molecule has 0 spiro atoms. The Balaban J connectivity index is 1.37.